The van der Waals surface area contributed by atoms with E-state index in [1.807, 2.05) is 18.2 Å². The lowest BCUT2D eigenvalue weighted by Crippen LogP contribution is -1.86. The molecule has 2 aromatic heterocycles. The number of H-pyrrole nitrogens is 1. The Hall–Kier alpha value is -1.78. The van der Waals surface area contributed by atoms with Crippen molar-refractivity contribution >= 4 is 34.4 Å². The first kappa shape index (κ1) is 12.3. The quantitative estimate of drug-likeness (QED) is 0.778. The molecule has 6 heteroatoms. The smallest absolute Gasteiger partial charge is 0.215 e. The number of imidazole rings is 1. The number of fused-ring (bicyclic) bond motifs is 1. The molecule has 3 aromatic rings. The summed E-state index contributed by atoms with van der Waals surface area (Å²) in [5.74, 6) is 1.14. The summed E-state index contributed by atoms with van der Waals surface area (Å²) in [5.41, 5.74) is 2.13. The number of methoxy groups -OCH3 is 1. The maximum Gasteiger partial charge on any atom is 0.215 e. The van der Waals surface area contributed by atoms with Gasteiger partial charge in [0, 0.05) is 11.6 Å². The molecule has 0 saturated heterocycles. The van der Waals surface area contributed by atoms with Crippen LogP contribution in [-0.2, 0) is 0 Å². The number of nitrogens with one attached hydrogen (secondary N) is 1. The van der Waals surface area contributed by atoms with E-state index in [0.29, 0.717) is 27.4 Å². The topological polar surface area (TPSA) is 50.8 Å². The molecule has 0 bridgehead atoms. The lowest BCUT2D eigenvalue weighted by molar-refractivity contribution is 0.399. The molecule has 0 amide bonds. The highest BCUT2D eigenvalue weighted by molar-refractivity contribution is 6.43. The number of rotatable bonds is 2. The highest BCUT2D eigenvalue weighted by atomic mass is 35.5. The third-order valence-corrected chi connectivity index (χ3v) is 3.56. The average molecular weight is 294 g/mol. The third kappa shape index (κ3) is 2.13. The maximum atomic E-state index is 6.18. The van der Waals surface area contributed by atoms with Crippen LogP contribution in [0.3, 0.4) is 0 Å². The van der Waals surface area contributed by atoms with E-state index < -0.39 is 0 Å². The molecule has 96 valence electrons. The molecule has 0 aliphatic rings. The molecule has 2 heterocycles. The van der Waals surface area contributed by atoms with Gasteiger partial charge >= 0.3 is 0 Å². The summed E-state index contributed by atoms with van der Waals surface area (Å²) in [4.78, 5) is 11.8. The van der Waals surface area contributed by atoms with Crippen molar-refractivity contribution in [1.29, 1.82) is 0 Å². The standard InChI is InChI=1S/C13H9Cl2N3O/c1-19-10-6-5-9-13(17-10)18-12(16-9)7-3-2-4-8(14)11(7)15/h2-6H,1H3,(H,16,17,18). The summed E-state index contributed by atoms with van der Waals surface area (Å²) in [6.07, 6.45) is 0. The fourth-order valence-corrected chi connectivity index (χ4v) is 2.19. The highest BCUT2D eigenvalue weighted by Gasteiger charge is 2.12. The molecule has 0 aliphatic carbocycles. The predicted octanol–water partition coefficient (Wildman–Crippen LogP) is 3.94. The fourth-order valence-electron chi connectivity index (χ4n) is 1.80. The maximum absolute atomic E-state index is 6.18. The van der Waals surface area contributed by atoms with Gasteiger partial charge in [-0.3, -0.25) is 0 Å². The first-order valence-corrected chi connectivity index (χ1v) is 6.30. The van der Waals surface area contributed by atoms with Crippen molar-refractivity contribution in [2.24, 2.45) is 0 Å². The molecule has 0 fully saturated rings. The first-order chi connectivity index (χ1) is 9.19. The van der Waals surface area contributed by atoms with Crippen LogP contribution in [0.5, 0.6) is 5.88 Å². The number of pyridine rings is 1. The summed E-state index contributed by atoms with van der Waals surface area (Å²) in [5, 5.41) is 0.959. The fraction of sp³-hybridized carbons (Fsp3) is 0.0769. The van der Waals surface area contributed by atoms with Crippen LogP contribution in [0.1, 0.15) is 0 Å². The van der Waals surface area contributed by atoms with Gasteiger partial charge in [-0.2, -0.15) is 4.98 Å². The van der Waals surface area contributed by atoms with Crippen molar-refractivity contribution in [3.63, 3.8) is 0 Å². The zero-order chi connectivity index (χ0) is 13.4. The number of aromatic nitrogens is 3. The van der Waals surface area contributed by atoms with Crippen LogP contribution >= 0.6 is 23.2 Å². The van der Waals surface area contributed by atoms with Gasteiger partial charge in [0.15, 0.2) is 5.65 Å². The van der Waals surface area contributed by atoms with E-state index >= 15 is 0 Å². The number of nitrogens with zero attached hydrogens (tertiary/aromatic N) is 2. The van der Waals surface area contributed by atoms with E-state index in [4.69, 9.17) is 27.9 Å². The van der Waals surface area contributed by atoms with Gasteiger partial charge in [0.1, 0.15) is 5.82 Å². The first-order valence-electron chi connectivity index (χ1n) is 5.54. The monoisotopic (exact) mass is 293 g/mol. The van der Waals surface area contributed by atoms with Crippen LogP contribution in [-0.4, -0.2) is 22.1 Å². The van der Waals surface area contributed by atoms with E-state index in [1.165, 1.54) is 0 Å². The summed E-state index contributed by atoms with van der Waals surface area (Å²) in [6.45, 7) is 0. The molecule has 4 nitrogen and oxygen atoms in total. The molecule has 0 saturated carbocycles. The lowest BCUT2D eigenvalue weighted by atomic mass is 10.2. The number of halogens is 2. The second-order valence-electron chi connectivity index (χ2n) is 3.91. The Morgan fingerprint density at radius 1 is 1.11 bits per heavy atom. The Bertz CT molecular complexity index is 755. The van der Waals surface area contributed by atoms with Crippen molar-refractivity contribution in [2.45, 2.75) is 0 Å². The summed E-state index contributed by atoms with van der Waals surface area (Å²) < 4.78 is 5.07. The van der Waals surface area contributed by atoms with Gasteiger partial charge in [0.05, 0.1) is 22.7 Å². The van der Waals surface area contributed by atoms with Gasteiger partial charge < -0.3 is 9.72 Å². The van der Waals surface area contributed by atoms with Gasteiger partial charge in [0.25, 0.3) is 0 Å². The molecule has 0 aliphatic heterocycles. The van der Waals surface area contributed by atoms with Crippen molar-refractivity contribution in [3.8, 4) is 17.3 Å². The second kappa shape index (κ2) is 4.72. The molecule has 1 N–H and O–H groups in total. The lowest BCUT2D eigenvalue weighted by Gasteiger charge is -2.01. The summed E-state index contributed by atoms with van der Waals surface area (Å²) >= 11 is 12.2. The molecular weight excluding hydrogens is 285 g/mol. The van der Waals surface area contributed by atoms with E-state index in [2.05, 4.69) is 15.0 Å². The van der Waals surface area contributed by atoms with Crippen molar-refractivity contribution in [2.75, 3.05) is 7.11 Å². The molecule has 0 unspecified atom stereocenters. The predicted molar refractivity (Wildman–Crippen MR) is 75.9 cm³/mol. The number of ether oxygens (including phenoxy) is 1. The number of benzene rings is 1. The van der Waals surface area contributed by atoms with Gasteiger partial charge in [0.2, 0.25) is 5.88 Å². The largest absolute Gasteiger partial charge is 0.481 e. The SMILES string of the molecule is COc1ccc2[nH]c(-c3cccc(Cl)c3Cl)nc2n1. The van der Waals surface area contributed by atoms with Gasteiger partial charge in [-0.25, -0.2) is 4.98 Å². The summed E-state index contributed by atoms with van der Waals surface area (Å²) in [6, 6.07) is 9.03. The van der Waals surface area contributed by atoms with Gasteiger partial charge in [-0.1, -0.05) is 29.3 Å². The number of aromatic amines is 1. The van der Waals surface area contributed by atoms with Crippen LogP contribution in [0, 0.1) is 0 Å². The Labute approximate surface area is 119 Å². The zero-order valence-corrected chi connectivity index (χ0v) is 11.5. The molecule has 0 atom stereocenters. The minimum atomic E-state index is 0.468. The molecule has 1 aromatic carbocycles. The van der Waals surface area contributed by atoms with Crippen LogP contribution in [0.25, 0.3) is 22.6 Å². The van der Waals surface area contributed by atoms with Crippen molar-refractivity contribution in [3.05, 3.63) is 40.4 Å². The van der Waals surface area contributed by atoms with Gasteiger partial charge in [-0.05, 0) is 18.2 Å². The normalized spacial score (nSPS) is 10.9. The molecular formula is C13H9Cl2N3O. The van der Waals surface area contributed by atoms with E-state index in [9.17, 15) is 0 Å². The van der Waals surface area contributed by atoms with Crippen LogP contribution in [0.15, 0.2) is 30.3 Å². The Kier molecular flexibility index (Phi) is 3.05. The van der Waals surface area contributed by atoms with Crippen LogP contribution in [0.4, 0.5) is 0 Å². The Morgan fingerprint density at radius 2 is 1.95 bits per heavy atom. The molecule has 19 heavy (non-hydrogen) atoms. The Morgan fingerprint density at radius 3 is 2.74 bits per heavy atom. The molecule has 0 radical (unpaired) electrons. The van der Waals surface area contributed by atoms with Crippen LogP contribution < -0.4 is 4.74 Å². The average Bonchev–Trinajstić information content (AvgIpc) is 2.84. The minimum Gasteiger partial charge on any atom is -0.481 e. The third-order valence-electron chi connectivity index (χ3n) is 2.74. The Balaban J connectivity index is 2.18. The molecule has 0 spiro atoms. The van der Waals surface area contributed by atoms with Crippen molar-refractivity contribution in [1.82, 2.24) is 15.0 Å². The number of hydrogen-bond acceptors (Lipinski definition) is 3. The minimum absolute atomic E-state index is 0.468. The summed E-state index contributed by atoms with van der Waals surface area (Å²) in [7, 11) is 1.57. The van der Waals surface area contributed by atoms with Crippen molar-refractivity contribution < 1.29 is 4.74 Å². The zero-order valence-electron chi connectivity index (χ0n) is 9.95. The highest BCUT2D eigenvalue weighted by Crippen LogP contribution is 2.32. The van der Waals surface area contributed by atoms with Gasteiger partial charge in [-0.15, -0.1) is 0 Å². The second-order valence-corrected chi connectivity index (χ2v) is 4.70. The van der Waals surface area contributed by atoms with Crippen LogP contribution in [0.2, 0.25) is 10.0 Å². The van der Waals surface area contributed by atoms with E-state index in [0.717, 1.165) is 11.1 Å². The number of hydrogen-bond donors (Lipinski definition) is 1. The van der Waals surface area contributed by atoms with E-state index in [1.54, 1.807) is 19.2 Å². The molecule has 3 rings (SSSR count). The van der Waals surface area contributed by atoms with E-state index in [-0.39, 0.29) is 0 Å².